The maximum absolute atomic E-state index is 12.8. The zero-order valence-electron chi connectivity index (χ0n) is 14.7. The molecule has 0 unspecified atom stereocenters. The molecule has 3 N–H and O–H groups in total. The predicted octanol–water partition coefficient (Wildman–Crippen LogP) is 1.74. The third kappa shape index (κ3) is 5.85. The van der Waals surface area contributed by atoms with Crippen molar-refractivity contribution in [2.24, 2.45) is 5.41 Å². The van der Waals surface area contributed by atoms with Gasteiger partial charge in [0.2, 0.25) is 15.9 Å². The van der Waals surface area contributed by atoms with Gasteiger partial charge in [-0.3, -0.25) is 9.52 Å². The van der Waals surface area contributed by atoms with Crippen LogP contribution in [0.2, 0.25) is 0 Å². The van der Waals surface area contributed by atoms with Crippen LogP contribution in [-0.2, 0) is 19.6 Å². The minimum Gasteiger partial charge on any atom is -0.384 e. The number of hydrogen-bond acceptors (Lipinski definition) is 5. The van der Waals surface area contributed by atoms with Crippen molar-refractivity contribution in [1.82, 2.24) is 5.32 Å². The van der Waals surface area contributed by atoms with Crippen molar-refractivity contribution in [1.29, 1.82) is 0 Å². The van der Waals surface area contributed by atoms with E-state index in [1.807, 2.05) is 0 Å². The standard InChI is InChI=1S/C16H25N3O4S.ClH/c1-12-4-5-13(10-14(12)19-24(3,21)22)18-15(20)16(11-23-2)6-8-17-9-7-16;/h4-5,10,17,19H,6-9,11H2,1-3H3,(H,18,20);1H. The number of nitrogens with one attached hydrogen (secondary N) is 3. The Kier molecular flexibility index (Phi) is 7.67. The lowest BCUT2D eigenvalue weighted by Crippen LogP contribution is -2.47. The van der Waals surface area contributed by atoms with Crippen molar-refractivity contribution in [2.75, 3.05) is 43.1 Å². The summed E-state index contributed by atoms with van der Waals surface area (Å²) in [5, 5.41) is 6.16. The number of benzene rings is 1. The predicted molar refractivity (Wildman–Crippen MR) is 102 cm³/mol. The molecule has 2 rings (SSSR count). The molecule has 0 aromatic heterocycles. The first-order valence-electron chi connectivity index (χ1n) is 7.85. The van der Waals surface area contributed by atoms with Crippen molar-refractivity contribution in [3.8, 4) is 0 Å². The van der Waals surface area contributed by atoms with Crippen LogP contribution in [0.15, 0.2) is 18.2 Å². The Morgan fingerprint density at radius 3 is 2.52 bits per heavy atom. The van der Waals surface area contributed by atoms with Crippen molar-refractivity contribution >= 4 is 39.7 Å². The van der Waals surface area contributed by atoms with E-state index in [4.69, 9.17) is 4.74 Å². The molecule has 0 aliphatic carbocycles. The largest absolute Gasteiger partial charge is 0.384 e. The van der Waals surface area contributed by atoms with Crippen LogP contribution in [0.4, 0.5) is 11.4 Å². The molecule has 1 aliphatic rings. The van der Waals surface area contributed by atoms with E-state index in [1.54, 1.807) is 32.2 Å². The summed E-state index contributed by atoms with van der Waals surface area (Å²) in [5.74, 6) is -0.0972. The van der Waals surface area contributed by atoms with Gasteiger partial charge < -0.3 is 15.4 Å². The highest BCUT2D eigenvalue weighted by atomic mass is 35.5. The van der Waals surface area contributed by atoms with Gasteiger partial charge in [-0.2, -0.15) is 0 Å². The third-order valence-corrected chi connectivity index (χ3v) is 4.84. The van der Waals surface area contributed by atoms with Crippen LogP contribution < -0.4 is 15.4 Å². The van der Waals surface area contributed by atoms with Gasteiger partial charge in [-0.1, -0.05) is 6.07 Å². The molecule has 1 aliphatic heterocycles. The molecule has 0 atom stereocenters. The number of hydrogen-bond donors (Lipinski definition) is 3. The highest BCUT2D eigenvalue weighted by molar-refractivity contribution is 7.92. The number of halogens is 1. The molecule has 9 heteroatoms. The summed E-state index contributed by atoms with van der Waals surface area (Å²) in [5.41, 5.74) is 1.24. The molecule has 0 bridgehead atoms. The summed E-state index contributed by atoms with van der Waals surface area (Å²) in [6.45, 7) is 3.70. The zero-order chi connectivity index (χ0) is 17.8. The van der Waals surface area contributed by atoms with Gasteiger partial charge >= 0.3 is 0 Å². The molecular formula is C16H26ClN3O4S. The van der Waals surface area contributed by atoms with E-state index in [-0.39, 0.29) is 18.3 Å². The van der Waals surface area contributed by atoms with E-state index >= 15 is 0 Å². The molecule has 0 radical (unpaired) electrons. The Morgan fingerprint density at radius 2 is 1.96 bits per heavy atom. The number of sulfonamides is 1. The normalized spacial score (nSPS) is 16.6. The van der Waals surface area contributed by atoms with Crippen molar-refractivity contribution in [3.05, 3.63) is 23.8 Å². The second-order valence-corrected chi connectivity index (χ2v) is 8.07. The fraction of sp³-hybridized carbons (Fsp3) is 0.562. The Hall–Kier alpha value is -1.35. The number of carbonyl (C=O) groups excluding carboxylic acids is 1. The summed E-state index contributed by atoms with van der Waals surface area (Å²) in [6, 6.07) is 5.17. The minimum absolute atomic E-state index is 0. The number of carbonyl (C=O) groups is 1. The van der Waals surface area contributed by atoms with E-state index in [1.165, 1.54) is 0 Å². The van der Waals surface area contributed by atoms with Gasteiger partial charge in [0.05, 0.1) is 24.0 Å². The van der Waals surface area contributed by atoms with E-state index in [0.29, 0.717) is 30.8 Å². The van der Waals surface area contributed by atoms with Gasteiger partial charge in [0, 0.05) is 12.8 Å². The Morgan fingerprint density at radius 1 is 1.32 bits per heavy atom. The Labute approximate surface area is 155 Å². The molecule has 0 saturated carbocycles. The molecule has 1 aromatic rings. The summed E-state index contributed by atoms with van der Waals surface area (Å²) in [4.78, 5) is 12.8. The van der Waals surface area contributed by atoms with Gasteiger partial charge in [0.25, 0.3) is 0 Å². The van der Waals surface area contributed by atoms with Crippen molar-refractivity contribution in [3.63, 3.8) is 0 Å². The molecule has 1 heterocycles. The smallest absolute Gasteiger partial charge is 0.233 e. The van der Waals surface area contributed by atoms with Crippen LogP contribution in [0.5, 0.6) is 0 Å². The van der Waals surface area contributed by atoms with E-state index < -0.39 is 15.4 Å². The highest BCUT2D eigenvalue weighted by Gasteiger charge is 2.39. The van der Waals surface area contributed by atoms with E-state index in [9.17, 15) is 13.2 Å². The average Bonchev–Trinajstić information content (AvgIpc) is 2.50. The molecule has 1 saturated heterocycles. The van der Waals surface area contributed by atoms with Gasteiger partial charge in [0.15, 0.2) is 0 Å². The first-order valence-corrected chi connectivity index (χ1v) is 9.74. The summed E-state index contributed by atoms with van der Waals surface area (Å²) in [7, 11) is -1.78. The molecular weight excluding hydrogens is 366 g/mol. The number of methoxy groups -OCH3 is 1. The first kappa shape index (κ1) is 21.7. The second-order valence-electron chi connectivity index (χ2n) is 6.32. The number of anilines is 2. The average molecular weight is 392 g/mol. The second kappa shape index (κ2) is 8.84. The number of piperidine rings is 1. The summed E-state index contributed by atoms with van der Waals surface area (Å²) < 4.78 is 30.6. The molecule has 142 valence electrons. The lowest BCUT2D eigenvalue weighted by atomic mass is 9.78. The van der Waals surface area contributed by atoms with Crippen LogP contribution in [0.3, 0.4) is 0 Å². The maximum Gasteiger partial charge on any atom is 0.233 e. The molecule has 1 amide bonds. The van der Waals surface area contributed by atoms with Gasteiger partial charge in [-0.25, -0.2) is 8.42 Å². The third-order valence-electron chi connectivity index (χ3n) is 4.25. The summed E-state index contributed by atoms with van der Waals surface area (Å²) >= 11 is 0. The molecule has 1 fully saturated rings. The van der Waals surface area contributed by atoms with Crippen LogP contribution >= 0.6 is 12.4 Å². The number of ether oxygens (including phenoxy) is 1. The van der Waals surface area contributed by atoms with Gasteiger partial charge in [-0.15, -0.1) is 12.4 Å². The maximum atomic E-state index is 12.8. The lowest BCUT2D eigenvalue weighted by molar-refractivity contribution is -0.130. The van der Waals surface area contributed by atoms with E-state index in [2.05, 4.69) is 15.4 Å². The first-order chi connectivity index (χ1) is 11.3. The van der Waals surface area contributed by atoms with Crippen LogP contribution in [0.25, 0.3) is 0 Å². The topological polar surface area (TPSA) is 96.5 Å². The van der Waals surface area contributed by atoms with Crippen molar-refractivity contribution in [2.45, 2.75) is 19.8 Å². The quantitative estimate of drug-likeness (QED) is 0.686. The summed E-state index contributed by atoms with van der Waals surface area (Å²) in [6.07, 6.45) is 2.50. The van der Waals surface area contributed by atoms with E-state index in [0.717, 1.165) is 24.9 Å². The Balaban J connectivity index is 0.00000312. The fourth-order valence-corrected chi connectivity index (χ4v) is 3.51. The minimum atomic E-state index is -3.38. The van der Waals surface area contributed by atoms with Crippen LogP contribution in [-0.4, -0.2) is 47.4 Å². The molecule has 0 spiro atoms. The monoisotopic (exact) mass is 391 g/mol. The van der Waals surface area contributed by atoms with Gasteiger partial charge in [0.1, 0.15) is 0 Å². The van der Waals surface area contributed by atoms with Crippen molar-refractivity contribution < 1.29 is 17.9 Å². The SMILES string of the molecule is COCC1(C(=O)Nc2ccc(C)c(NS(C)(=O)=O)c2)CCNCC1.Cl. The molecule has 7 nitrogen and oxygen atoms in total. The lowest BCUT2D eigenvalue weighted by Gasteiger charge is -2.35. The Bertz CT molecular complexity index is 698. The number of rotatable bonds is 6. The van der Waals surface area contributed by atoms with Crippen LogP contribution in [0, 0.1) is 12.3 Å². The fourth-order valence-electron chi connectivity index (χ4n) is 2.89. The highest BCUT2D eigenvalue weighted by Crippen LogP contribution is 2.31. The number of aryl methyl sites for hydroxylation is 1. The zero-order valence-corrected chi connectivity index (χ0v) is 16.4. The molecule has 1 aromatic carbocycles. The van der Waals surface area contributed by atoms with Crippen LogP contribution in [0.1, 0.15) is 18.4 Å². The molecule has 25 heavy (non-hydrogen) atoms. The number of amides is 1. The van der Waals surface area contributed by atoms with Gasteiger partial charge in [-0.05, 0) is 50.6 Å².